The summed E-state index contributed by atoms with van der Waals surface area (Å²) in [6.45, 7) is 4.72. The molecule has 132 valence electrons. The lowest BCUT2D eigenvalue weighted by molar-refractivity contribution is 0.723. The van der Waals surface area contributed by atoms with Crippen LogP contribution >= 0.6 is 11.8 Å². The number of pyridine rings is 1. The highest BCUT2D eigenvalue weighted by molar-refractivity contribution is 7.98. The Balaban J connectivity index is 1.75. The molecule has 6 nitrogen and oxygen atoms in total. The molecule has 7 heteroatoms. The van der Waals surface area contributed by atoms with Gasteiger partial charge in [0.1, 0.15) is 5.82 Å². The molecule has 0 aliphatic carbocycles. The summed E-state index contributed by atoms with van der Waals surface area (Å²) in [6, 6.07) is 5.95. The molecule has 0 saturated heterocycles. The van der Waals surface area contributed by atoms with Gasteiger partial charge in [0.15, 0.2) is 11.6 Å². The Morgan fingerprint density at radius 3 is 2.96 bits per heavy atom. The number of aryl methyl sites for hydroxylation is 1. The maximum Gasteiger partial charge on any atom is 0.191 e. The smallest absolute Gasteiger partial charge is 0.191 e. The van der Waals surface area contributed by atoms with E-state index in [1.807, 2.05) is 40.6 Å². The van der Waals surface area contributed by atoms with Crippen LogP contribution in [0.15, 0.2) is 29.4 Å². The van der Waals surface area contributed by atoms with Crippen molar-refractivity contribution >= 4 is 23.4 Å². The lowest BCUT2D eigenvalue weighted by Crippen LogP contribution is -2.37. The minimum Gasteiger partial charge on any atom is -0.357 e. The summed E-state index contributed by atoms with van der Waals surface area (Å²) in [5, 5.41) is 15.1. The molecule has 0 atom stereocenters. The monoisotopic (exact) mass is 348 g/mol. The summed E-state index contributed by atoms with van der Waals surface area (Å²) in [5.41, 5.74) is 0.899. The van der Waals surface area contributed by atoms with E-state index in [1.165, 1.54) is 18.6 Å². The third-order valence-corrected chi connectivity index (χ3v) is 4.32. The largest absolute Gasteiger partial charge is 0.357 e. The fourth-order valence-corrected chi connectivity index (χ4v) is 2.90. The molecule has 0 bridgehead atoms. The van der Waals surface area contributed by atoms with Gasteiger partial charge in [-0.15, -0.1) is 10.2 Å². The van der Waals surface area contributed by atoms with Gasteiger partial charge in [0.25, 0.3) is 0 Å². The second-order valence-corrected chi connectivity index (χ2v) is 6.52. The predicted molar refractivity (Wildman–Crippen MR) is 103 cm³/mol. The van der Waals surface area contributed by atoms with E-state index in [0.29, 0.717) is 0 Å². The van der Waals surface area contributed by atoms with Crippen molar-refractivity contribution in [2.24, 2.45) is 4.99 Å². The van der Waals surface area contributed by atoms with Gasteiger partial charge in [-0.3, -0.25) is 9.39 Å². The Morgan fingerprint density at radius 2 is 2.12 bits per heavy atom. The Hall–Kier alpha value is -1.76. The zero-order valence-electron chi connectivity index (χ0n) is 14.7. The highest BCUT2D eigenvalue weighted by Gasteiger charge is 2.04. The van der Waals surface area contributed by atoms with Crippen LogP contribution in [0, 0.1) is 0 Å². The number of unbranched alkanes of at least 4 members (excludes halogenated alkanes) is 1. The van der Waals surface area contributed by atoms with Crippen molar-refractivity contribution in [2.45, 2.75) is 32.6 Å². The highest BCUT2D eigenvalue weighted by Crippen LogP contribution is 2.05. The van der Waals surface area contributed by atoms with Gasteiger partial charge in [-0.1, -0.05) is 6.07 Å². The fraction of sp³-hybridized carbons (Fsp3) is 0.588. The first kappa shape index (κ1) is 18.6. The molecule has 0 aromatic carbocycles. The number of hydrogen-bond donors (Lipinski definition) is 2. The lowest BCUT2D eigenvalue weighted by atomic mass is 10.3. The molecule has 0 saturated carbocycles. The number of guanidine groups is 1. The van der Waals surface area contributed by atoms with Crippen LogP contribution < -0.4 is 10.6 Å². The number of nitrogens with one attached hydrogen (secondary N) is 2. The van der Waals surface area contributed by atoms with Gasteiger partial charge in [-0.05, 0) is 50.3 Å². The molecule has 0 spiro atoms. The molecule has 0 aliphatic rings. The van der Waals surface area contributed by atoms with Gasteiger partial charge in [0, 0.05) is 32.3 Å². The minimum absolute atomic E-state index is 0.780. The summed E-state index contributed by atoms with van der Waals surface area (Å²) in [7, 11) is 0. The summed E-state index contributed by atoms with van der Waals surface area (Å²) in [6.07, 6.45) is 8.41. The molecule has 2 aromatic rings. The normalized spacial score (nSPS) is 11.8. The van der Waals surface area contributed by atoms with Gasteiger partial charge in [-0.2, -0.15) is 11.8 Å². The third-order valence-electron chi connectivity index (χ3n) is 3.62. The van der Waals surface area contributed by atoms with Gasteiger partial charge in [0.05, 0.1) is 0 Å². The first-order chi connectivity index (χ1) is 11.8. The van der Waals surface area contributed by atoms with Gasteiger partial charge >= 0.3 is 0 Å². The number of hydrogen-bond acceptors (Lipinski definition) is 4. The molecular weight excluding hydrogens is 320 g/mol. The second-order valence-electron chi connectivity index (χ2n) is 5.54. The maximum absolute atomic E-state index is 4.64. The molecule has 2 heterocycles. The van der Waals surface area contributed by atoms with E-state index in [0.717, 1.165) is 49.9 Å². The molecule has 0 radical (unpaired) electrons. The summed E-state index contributed by atoms with van der Waals surface area (Å²) < 4.78 is 2.04. The van der Waals surface area contributed by atoms with Crippen molar-refractivity contribution in [2.75, 3.05) is 31.6 Å². The first-order valence-electron chi connectivity index (χ1n) is 8.65. The second kappa shape index (κ2) is 10.9. The lowest BCUT2D eigenvalue weighted by Gasteiger charge is -2.11. The Morgan fingerprint density at radius 1 is 1.21 bits per heavy atom. The molecule has 0 aliphatic heterocycles. The minimum atomic E-state index is 0.780. The van der Waals surface area contributed by atoms with Gasteiger partial charge < -0.3 is 10.6 Å². The molecule has 0 unspecified atom stereocenters. The number of nitrogens with zero attached hydrogens (tertiary/aromatic N) is 4. The van der Waals surface area contributed by atoms with Crippen LogP contribution in [0.5, 0.6) is 0 Å². The Bertz CT molecular complexity index is 624. The van der Waals surface area contributed by atoms with E-state index >= 15 is 0 Å². The fourth-order valence-electron chi connectivity index (χ4n) is 2.41. The van der Waals surface area contributed by atoms with Crippen LogP contribution in [0.4, 0.5) is 0 Å². The molecule has 2 N–H and O–H groups in total. The molecule has 2 rings (SSSR count). The van der Waals surface area contributed by atoms with Crippen molar-refractivity contribution in [3.05, 3.63) is 30.2 Å². The van der Waals surface area contributed by atoms with Crippen LogP contribution in [0.3, 0.4) is 0 Å². The van der Waals surface area contributed by atoms with E-state index in [2.05, 4.69) is 39.0 Å². The summed E-state index contributed by atoms with van der Waals surface area (Å²) >= 11 is 1.90. The van der Waals surface area contributed by atoms with Crippen LogP contribution in [-0.4, -0.2) is 52.2 Å². The van der Waals surface area contributed by atoms with Crippen molar-refractivity contribution in [3.63, 3.8) is 0 Å². The third kappa shape index (κ3) is 6.03. The standard InChI is InChI=1S/C17H28N6S/c1-3-18-17(19-11-5-7-14-24-2)20-12-8-10-16-22-21-15-9-4-6-13-23(15)16/h4,6,9,13H,3,5,7-8,10-12,14H2,1-2H3,(H2,18,19,20). The average molecular weight is 349 g/mol. The highest BCUT2D eigenvalue weighted by atomic mass is 32.2. The van der Waals surface area contributed by atoms with E-state index in [9.17, 15) is 0 Å². The van der Waals surface area contributed by atoms with Crippen molar-refractivity contribution in [1.82, 2.24) is 25.2 Å². The van der Waals surface area contributed by atoms with Gasteiger partial charge in [0.2, 0.25) is 0 Å². The predicted octanol–water partition coefficient (Wildman–Crippen LogP) is 2.36. The Kier molecular flexibility index (Phi) is 8.45. The summed E-state index contributed by atoms with van der Waals surface area (Å²) in [5.74, 6) is 3.13. The number of thioether (sulfide) groups is 1. The maximum atomic E-state index is 4.64. The van der Waals surface area contributed by atoms with E-state index < -0.39 is 0 Å². The van der Waals surface area contributed by atoms with Crippen molar-refractivity contribution in [3.8, 4) is 0 Å². The van der Waals surface area contributed by atoms with Crippen molar-refractivity contribution < 1.29 is 0 Å². The summed E-state index contributed by atoms with van der Waals surface area (Å²) in [4.78, 5) is 4.64. The molecular formula is C17H28N6S. The van der Waals surface area contributed by atoms with Crippen molar-refractivity contribution in [1.29, 1.82) is 0 Å². The molecule has 0 amide bonds. The van der Waals surface area contributed by atoms with Crippen LogP contribution in [0.25, 0.3) is 5.65 Å². The van der Waals surface area contributed by atoms with Crippen LogP contribution in [0.1, 0.15) is 32.0 Å². The number of fused-ring (bicyclic) bond motifs is 1. The zero-order valence-corrected chi connectivity index (χ0v) is 15.5. The van der Waals surface area contributed by atoms with E-state index in [1.54, 1.807) is 0 Å². The number of rotatable bonds is 10. The van der Waals surface area contributed by atoms with E-state index in [4.69, 9.17) is 0 Å². The molecule has 2 aromatic heterocycles. The number of aromatic nitrogens is 3. The SMILES string of the molecule is CCNC(=NCCCc1nnc2ccccn12)NCCCCSC. The van der Waals surface area contributed by atoms with Crippen LogP contribution in [0.2, 0.25) is 0 Å². The Labute approximate surface area is 148 Å². The van der Waals surface area contributed by atoms with E-state index in [-0.39, 0.29) is 0 Å². The number of aliphatic imine (C=N–C) groups is 1. The van der Waals surface area contributed by atoms with Crippen LogP contribution in [-0.2, 0) is 6.42 Å². The topological polar surface area (TPSA) is 66.6 Å². The zero-order chi connectivity index (χ0) is 17.0. The first-order valence-corrected chi connectivity index (χ1v) is 10.0. The molecule has 0 fully saturated rings. The van der Waals surface area contributed by atoms with Gasteiger partial charge in [-0.25, -0.2) is 0 Å². The molecule has 24 heavy (non-hydrogen) atoms. The average Bonchev–Trinajstić information content (AvgIpc) is 3.01. The quantitative estimate of drug-likeness (QED) is 0.392.